The van der Waals surface area contributed by atoms with Crippen molar-refractivity contribution in [3.8, 4) is 16.8 Å². The van der Waals surface area contributed by atoms with Crippen molar-refractivity contribution in [1.29, 1.82) is 0 Å². The Hall–Kier alpha value is -2.89. The monoisotopic (exact) mass is 432 g/mol. The summed E-state index contributed by atoms with van der Waals surface area (Å²) in [6.07, 6.45) is 7.40. The lowest BCUT2D eigenvalue weighted by atomic mass is 9.99. The second kappa shape index (κ2) is 7.66. The first-order chi connectivity index (χ1) is 14.7. The van der Waals surface area contributed by atoms with E-state index in [0.717, 1.165) is 41.0 Å². The molecule has 1 aromatic carbocycles. The Morgan fingerprint density at radius 1 is 1.10 bits per heavy atom. The van der Waals surface area contributed by atoms with Crippen LogP contribution >= 0.6 is 12.4 Å². The molecule has 158 valence electrons. The van der Waals surface area contributed by atoms with Crippen molar-refractivity contribution in [1.82, 2.24) is 19.4 Å². The number of nitrogens with one attached hydrogen (secondary N) is 1. The van der Waals surface area contributed by atoms with Gasteiger partial charge in [-0.25, -0.2) is 0 Å². The van der Waals surface area contributed by atoms with Gasteiger partial charge in [0, 0.05) is 65.3 Å². The van der Waals surface area contributed by atoms with Crippen molar-refractivity contribution < 1.29 is 0 Å². The topological polar surface area (TPSA) is 53.9 Å². The summed E-state index contributed by atoms with van der Waals surface area (Å²) in [4.78, 5) is 23.5. The lowest BCUT2D eigenvalue weighted by Crippen LogP contribution is -2.34. The predicted molar refractivity (Wildman–Crippen MR) is 126 cm³/mol. The molecular weight excluding hydrogens is 408 g/mol. The second-order valence-corrected chi connectivity index (χ2v) is 8.59. The van der Waals surface area contributed by atoms with Crippen LogP contribution in [0.4, 0.5) is 0 Å². The number of benzene rings is 1. The van der Waals surface area contributed by atoms with Gasteiger partial charge < -0.3 is 4.98 Å². The van der Waals surface area contributed by atoms with Crippen molar-refractivity contribution in [2.45, 2.75) is 38.8 Å². The summed E-state index contributed by atoms with van der Waals surface area (Å²) in [6, 6.07) is 14.7. The van der Waals surface area contributed by atoms with Crippen LogP contribution in [-0.4, -0.2) is 32.0 Å². The number of hydrogen-bond donors (Lipinski definition) is 1. The third kappa shape index (κ3) is 3.38. The van der Waals surface area contributed by atoms with Gasteiger partial charge >= 0.3 is 0 Å². The van der Waals surface area contributed by atoms with Crippen molar-refractivity contribution in [3.05, 3.63) is 82.2 Å². The molecule has 0 spiro atoms. The summed E-state index contributed by atoms with van der Waals surface area (Å²) in [5.74, 6) is 0. The molecule has 0 bridgehead atoms. The predicted octanol–water partition coefficient (Wildman–Crippen LogP) is 4.63. The largest absolute Gasteiger partial charge is 0.358 e. The Labute approximate surface area is 187 Å². The number of aromatic amines is 1. The van der Waals surface area contributed by atoms with Crippen LogP contribution in [0.2, 0.25) is 0 Å². The van der Waals surface area contributed by atoms with Crippen LogP contribution in [0.5, 0.6) is 0 Å². The fourth-order valence-corrected chi connectivity index (χ4v) is 5.09. The minimum Gasteiger partial charge on any atom is -0.358 e. The Balaban J connectivity index is 0.00000204. The van der Waals surface area contributed by atoms with Crippen LogP contribution in [-0.2, 0) is 13.0 Å². The Bertz CT molecular complexity index is 1320. The molecule has 2 aliphatic rings. The molecule has 1 fully saturated rings. The zero-order chi connectivity index (χ0) is 20.2. The lowest BCUT2D eigenvalue weighted by molar-refractivity contribution is 0.227. The molecule has 4 aromatic rings. The van der Waals surface area contributed by atoms with E-state index in [-0.39, 0.29) is 18.0 Å². The first-order valence-electron chi connectivity index (χ1n) is 10.7. The highest BCUT2D eigenvalue weighted by atomic mass is 35.5. The third-order valence-electron chi connectivity index (χ3n) is 6.72. The van der Waals surface area contributed by atoms with E-state index in [2.05, 4.69) is 33.1 Å². The molecule has 31 heavy (non-hydrogen) atoms. The smallest absolute Gasteiger partial charge is 0.255 e. The Kier molecular flexibility index (Phi) is 4.95. The normalized spacial score (nSPS) is 17.9. The van der Waals surface area contributed by atoms with Gasteiger partial charge in [-0.1, -0.05) is 12.1 Å². The van der Waals surface area contributed by atoms with E-state index in [9.17, 15) is 4.79 Å². The summed E-state index contributed by atoms with van der Waals surface area (Å²) in [6.45, 7) is 4.21. The highest BCUT2D eigenvalue weighted by molar-refractivity contribution is 5.86. The molecule has 0 radical (unpaired) electrons. The number of hydrogen-bond acceptors (Lipinski definition) is 3. The number of aryl methyl sites for hydroxylation is 1. The molecule has 0 amide bonds. The molecule has 5 nitrogen and oxygen atoms in total. The van der Waals surface area contributed by atoms with Gasteiger partial charge in [-0.2, -0.15) is 0 Å². The number of fused-ring (bicyclic) bond motifs is 4. The Morgan fingerprint density at radius 2 is 2.00 bits per heavy atom. The van der Waals surface area contributed by atoms with Crippen LogP contribution in [0.1, 0.15) is 29.8 Å². The first kappa shape index (κ1) is 20.0. The molecular formula is C25H25ClN4O. The third-order valence-corrected chi connectivity index (χ3v) is 6.72. The molecule has 1 atom stereocenters. The van der Waals surface area contributed by atoms with E-state index in [1.54, 1.807) is 10.6 Å². The quantitative estimate of drug-likeness (QED) is 0.502. The zero-order valence-electron chi connectivity index (χ0n) is 17.5. The SMILES string of the molecule is Cc1ccc(-c2ccn(-c3ccc4c5c([nH]c4c3)CC3CCCN3C5)c(=O)c2)cn1.Cl. The van der Waals surface area contributed by atoms with Gasteiger partial charge in [-0.05, 0) is 61.7 Å². The molecule has 0 saturated carbocycles. The van der Waals surface area contributed by atoms with Crippen molar-refractivity contribution in [3.63, 3.8) is 0 Å². The summed E-state index contributed by atoms with van der Waals surface area (Å²) in [7, 11) is 0. The number of aromatic nitrogens is 3. The molecule has 2 aliphatic heterocycles. The van der Waals surface area contributed by atoms with E-state index in [4.69, 9.17) is 0 Å². The highest BCUT2D eigenvalue weighted by Crippen LogP contribution is 2.34. The summed E-state index contributed by atoms with van der Waals surface area (Å²) in [5, 5.41) is 1.29. The van der Waals surface area contributed by atoms with Gasteiger partial charge in [0.2, 0.25) is 0 Å². The number of rotatable bonds is 2. The van der Waals surface area contributed by atoms with Crippen molar-refractivity contribution >= 4 is 23.3 Å². The van der Waals surface area contributed by atoms with E-state index in [0.29, 0.717) is 6.04 Å². The fourth-order valence-electron chi connectivity index (χ4n) is 5.09. The van der Waals surface area contributed by atoms with Gasteiger partial charge in [-0.3, -0.25) is 19.2 Å². The maximum atomic E-state index is 12.9. The van der Waals surface area contributed by atoms with Gasteiger partial charge in [0.25, 0.3) is 5.56 Å². The number of H-pyrrole nitrogens is 1. The Morgan fingerprint density at radius 3 is 2.81 bits per heavy atom. The summed E-state index contributed by atoms with van der Waals surface area (Å²) < 4.78 is 1.71. The minimum absolute atomic E-state index is 0. The van der Waals surface area contributed by atoms with Crippen molar-refractivity contribution in [2.75, 3.05) is 6.54 Å². The van der Waals surface area contributed by atoms with Crippen molar-refractivity contribution in [2.24, 2.45) is 0 Å². The number of pyridine rings is 2. The standard InChI is InChI=1S/C25H24N4O.ClH/c1-16-4-5-18(14-26-16)17-8-10-29(25(30)11-17)20-6-7-21-22-15-28-9-2-3-19(28)12-24(22)27-23(21)13-20;/h4-8,10-11,13-14,19,27H,2-3,9,12,15H2,1H3;1H. The van der Waals surface area contributed by atoms with Crippen LogP contribution in [0.15, 0.2) is 59.7 Å². The van der Waals surface area contributed by atoms with Crippen LogP contribution in [0, 0.1) is 6.92 Å². The van der Waals surface area contributed by atoms with Gasteiger partial charge in [0.05, 0.1) is 5.69 Å². The number of nitrogens with zero attached hydrogens (tertiary/aromatic N) is 3. The van der Waals surface area contributed by atoms with Gasteiger partial charge in [0.15, 0.2) is 0 Å². The summed E-state index contributed by atoms with van der Waals surface area (Å²) >= 11 is 0. The van der Waals surface area contributed by atoms with Crippen LogP contribution in [0.3, 0.4) is 0 Å². The lowest BCUT2D eigenvalue weighted by Gasteiger charge is -2.29. The maximum Gasteiger partial charge on any atom is 0.255 e. The molecule has 1 saturated heterocycles. The molecule has 6 rings (SSSR count). The zero-order valence-corrected chi connectivity index (χ0v) is 18.3. The van der Waals surface area contributed by atoms with E-state index in [1.165, 1.54) is 36.0 Å². The van der Waals surface area contributed by atoms with E-state index >= 15 is 0 Å². The molecule has 1 N–H and O–H groups in total. The average Bonchev–Trinajstić information content (AvgIpc) is 3.35. The van der Waals surface area contributed by atoms with Crippen LogP contribution in [0.25, 0.3) is 27.7 Å². The molecule has 1 unspecified atom stereocenters. The minimum atomic E-state index is -0.0376. The molecule has 6 heteroatoms. The molecule has 3 aromatic heterocycles. The van der Waals surface area contributed by atoms with E-state index in [1.807, 2.05) is 37.5 Å². The first-order valence-corrected chi connectivity index (χ1v) is 10.7. The highest BCUT2D eigenvalue weighted by Gasteiger charge is 2.31. The summed E-state index contributed by atoms with van der Waals surface area (Å²) in [5.41, 5.74) is 7.60. The van der Waals surface area contributed by atoms with E-state index < -0.39 is 0 Å². The average molecular weight is 433 g/mol. The number of halogens is 1. The molecule has 5 heterocycles. The fraction of sp³-hybridized carbons (Fsp3) is 0.280. The van der Waals surface area contributed by atoms with Gasteiger partial charge in [-0.15, -0.1) is 12.4 Å². The maximum absolute atomic E-state index is 12.9. The molecule has 0 aliphatic carbocycles. The van der Waals surface area contributed by atoms with Gasteiger partial charge in [0.1, 0.15) is 0 Å². The second-order valence-electron chi connectivity index (χ2n) is 8.59. The van der Waals surface area contributed by atoms with Crippen LogP contribution < -0.4 is 5.56 Å².